The Morgan fingerprint density at radius 3 is 2.59 bits per heavy atom. The topological polar surface area (TPSA) is 77.2 Å². The monoisotopic (exact) mass is 315 g/mol. The quantitative estimate of drug-likeness (QED) is 0.855. The number of nitrogens with one attached hydrogen (secondary N) is 1. The minimum absolute atomic E-state index is 0.0330. The van der Waals surface area contributed by atoms with Crippen molar-refractivity contribution in [2.24, 2.45) is 0 Å². The van der Waals surface area contributed by atoms with Crippen molar-refractivity contribution < 1.29 is 27.2 Å². The second-order valence-electron chi connectivity index (χ2n) is 4.25. The minimum Gasteiger partial charge on any atom is -0.383 e. The standard InChI is InChI=1S/C13H12F3N3O3/c1-21-7-6-17-11(20)12-18-10(19-22-12)8-2-4-9(5-3-8)13(14,15)16/h2-5H,6-7H2,1H3,(H,17,20). The molecule has 1 heterocycles. The highest BCUT2D eigenvalue weighted by molar-refractivity contribution is 5.89. The van der Waals surface area contributed by atoms with Crippen molar-refractivity contribution in [3.63, 3.8) is 0 Å². The molecule has 1 N–H and O–H groups in total. The molecule has 9 heteroatoms. The number of hydrogen-bond donors (Lipinski definition) is 1. The van der Waals surface area contributed by atoms with Gasteiger partial charge in [-0.25, -0.2) is 0 Å². The maximum atomic E-state index is 12.5. The highest BCUT2D eigenvalue weighted by Gasteiger charge is 2.30. The molecule has 2 aromatic rings. The molecule has 1 amide bonds. The largest absolute Gasteiger partial charge is 0.416 e. The van der Waals surface area contributed by atoms with Gasteiger partial charge in [-0.05, 0) is 12.1 Å². The molecule has 0 unspecified atom stereocenters. The number of benzene rings is 1. The number of rotatable bonds is 5. The van der Waals surface area contributed by atoms with E-state index in [2.05, 4.69) is 15.5 Å². The average Bonchev–Trinajstić information content (AvgIpc) is 2.96. The summed E-state index contributed by atoms with van der Waals surface area (Å²) < 4.78 is 46.9. The van der Waals surface area contributed by atoms with Crippen molar-refractivity contribution in [1.82, 2.24) is 15.5 Å². The van der Waals surface area contributed by atoms with Gasteiger partial charge in [-0.1, -0.05) is 17.3 Å². The second kappa shape index (κ2) is 6.56. The molecule has 0 bridgehead atoms. The molecule has 6 nitrogen and oxygen atoms in total. The van der Waals surface area contributed by atoms with E-state index in [1.807, 2.05) is 0 Å². The zero-order valence-corrected chi connectivity index (χ0v) is 11.5. The molecule has 0 aliphatic carbocycles. The van der Waals surface area contributed by atoms with Crippen LogP contribution in [0.15, 0.2) is 28.8 Å². The van der Waals surface area contributed by atoms with Gasteiger partial charge in [-0.3, -0.25) is 4.79 Å². The predicted octanol–water partition coefficient (Wildman–Crippen LogP) is 2.13. The first-order chi connectivity index (χ1) is 10.4. The Balaban J connectivity index is 2.09. The van der Waals surface area contributed by atoms with E-state index in [1.54, 1.807) is 0 Å². The molecule has 0 radical (unpaired) electrons. The smallest absolute Gasteiger partial charge is 0.383 e. The summed E-state index contributed by atoms with van der Waals surface area (Å²) in [5.41, 5.74) is -0.468. The fourth-order valence-electron chi connectivity index (χ4n) is 1.58. The Kier molecular flexibility index (Phi) is 4.76. The van der Waals surface area contributed by atoms with Crippen LogP contribution in [0.5, 0.6) is 0 Å². The number of methoxy groups -OCH3 is 1. The molecule has 1 aromatic carbocycles. The molecule has 2 rings (SSSR count). The summed E-state index contributed by atoms with van der Waals surface area (Å²) in [5.74, 6) is -0.820. The van der Waals surface area contributed by atoms with Crippen LogP contribution in [0.1, 0.15) is 16.2 Å². The van der Waals surface area contributed by atoms with E-state index in [1.165, 1.54) is 19.2 Å². The van der Waals surface area contributed by atoms with Crippen molar-refractivity contribution >= 4 is 5.91 Å². The molecule has 0 aliphatic rings. The van der Waals surface area contributed by atoms with Gasteiger partial charge in [0.1, 0.15) is 0 Å². The van der Waals surface area contributed by atoms with Crippen LogP contribution in [0.3, 0.4) is 0 Å². The van der Waals surface area contributed by atoms with Crippen LogP contribution < -0.4 is 5.32 Å². The highest BCUT2D eigenvalue weighted by Crippen LogP contribution is 2.30. The van der Waals surface area contributed by atoms with Gasteiger partial charge >= 0.3 is 18.0 Å². The van der Waals surface area contributed by atoms with E-state index in [-0.39, 0.29) is 18.3 Å². The Hall–Kier alpha value is -2.42. The summed E-state index contributed by atoms with van der Waals surface area (Å²) >= 11 is 0. The maximum absolute atomic E-state index is 12.5. The van der Waals surface area contributed by atoms with Crippen molar-refractivity contribution in [2.75, 3.05) is 20.3 Å². The molecule has 0 saturated carbocycles. The first-order valence-corrected chi connectivity index (χ1v) is 6.20. The SMILES string of the molecule is COCCNC(=O)c1nc(-c2ccc(C(F)(F)F)cc2)no1. The minimum atomic E-state index is -4.41. The van der Waals surface area contributed by atoms with Gasteiger partial charge in [0.25, 0.3) is 0 Å². The first kappa shape index (κ1) is 16.0. The summed E-state index contributed by atoms with van der Waals surface area (Å²) in [4.78, 5) is 15.5. The van der Waals surface area contributed by atoms with Gasteiger partial charge in [-0.2, -0.15) is 18.2 Å². The molecule has 0 aliphatic heterocycles. The van der Waals surface area contributed by atoms with E-state index < -0.39 is 17.6 Å². The van der Waals surface area contributed by atoms with Crippen LogP contribution in [-0.2, 0) is 10.9 Å². The normalized spacial score (nSPS) is 11.5. The highest BCUT2D eigenvalue weighted by atomic mass is 19.4. The van der Waals surface area contributed by atoms with E-state index in [0.29, 0.717) is 12.2 Å². The molecule has 0 fully saturated rings. The van der Waals surface area contributed by atoms with Crippen molar-refractivity contribution in [1.29, 1.82) is 0 Å². The number of alkyl halides is 3. The van der Waals surface area contributed by atoms with E-state index in [4.69, 9.17) is 9.26 Å². The summed E-state index contributed by atoms with van der Waals surface area (Å²) in [6.07, 6.45) is -4.41. The lowest BCUT2D eigenvalue weighted by Gasteiger charge is -2.05. The Bertz CT molecular complexity index is 638. The van der Waals surface area contributed by atoms with Gasteiger partial charge in [0.15, 0.2) is 0 Å². The van der Waals surface area contributed by atoms with Crippen LogP contribution in [0.2, 0.25) is 0 Å². The Labute approximate surface area is 123 Å². The maximum Gasteiger partial charge on any atom is 0.416 e. The molecular formula is C13H12F3N3O3. The third-order valence-electron chi connectivity index (χ3n) is 2.68. The summed E-state index contributed by atoms with van der Waals surface area (Å²) in [5, 5.41) is 6.05. The lowest BCUT2D eigenvalue weighted by Crippen LogP contribution is -2.27. The first-order valence-electron chi connectivity index (χ1n) is 6.20. The second-order valence-corrected chi connectivity index (χ2v) is 4.25. The fourth-order valence-corrected chi connectivity index (χ4v) is 1.58. The van der Waals surface area contributed by atoms with Crippen LogP contribution in [0.25, 0.3) is 11.4 Å². The van der Waals surface area contributed by atoms with E-state index in [9.17, 15) is 18.0 Å². The number of aromatic nitrogens is 2. The number of halogens is 3. The van der Waals surface area contributed by atoms with Gasteiger partial charge in [0.2, 0.25) is 5.82 Å². The van der Waals surface area contributed by atoms with Gasteiger partial charge < -0.3 is 14.6 Å². The zero-order valence-electron chi connectivity index (χ0n) is 11.5. The summed E-state index contributed by atoms with van der Waals surface area (Å²) in [7, 11) is 1.49. The number of carbonyl (C=O) groups is 1. The van der Waals surface area contributed by atoms with E-state index >= 15 is 0 Å². The zero-order chi connectivity index (χ0) is 16.2. The number of nitrogens with zero attached hydrogens (tertiary/aromatic N) is 2. The molecule has 0 atom stereocenters. The van der Waals surface area contributed by atoms with Gasteiger partial charge in [0, 0.05) is 19.2 Å². The Morgan fingerprint density at radius 2 is 2.00 bits per heavy atom. The summed E-state index contributed by atoms with van der Waals surface area (Å²) in [6.45, 7) is 0.596. The van der Waals surface area contributed by atoms with Crippen LogP contribution in [-0.4, -0.2) is 36.3 Å². The third kappa shape index (κ3) is 3.82. The van der Waals surface area contributed by atoms with Crippen LogP contribution >= 0.6 is 0 Å². The van der Waals surface area contributed by atoms with Crippen molar-refractivity contribution in [3.05, 3.63) is 35.7 Å². The lowest BCUT2D eigenvalue weighted by atomic mass is 10.1. The molecule has 0 saturated heterocycles. The summed E-state index contributed by atoms with van der Waals surface area (Å²) in [6, 6.07) is 4.23. The van der Waals surface area contributed by atoms with Gasteiger partial charge in [0.05, 0.1) is 12.2 Å². The lowest BCUT2D eigenvalue weighted by molar-refractivity contribution is -0.137. The van der Waals surface area contributed by atoms with Crippen molar-refractivity contribution in [2.45, 2.75) is 6.18 Å². The average molecular weight is 315 g/mol. The number of hydrogen-bond acceptors (Lipinski definition) is 5. The van der Waals surface area contributed by atoms with Crippen LogP contribution in [0, 0.1) is 0 Å². The molecule has 22 heavy (non-hydrogen) atoms. The van der Waals surface area contributed by atoms with Crippen LogP contribution in [0.4, 0.5) is 13.2 Å². The molecule has 118 valence electrons. The van der Waals surface area contributed by atoms with Gasteiger partial charge in [-0.15, -0.1) is 0 Å². The molecule has 1 aromatic heterocycles. The third-order valence-corrected chi connectivity index (χ3v) is 2.68. The van der Waals surface area contributed by atoms with Crippen molar-refractivity contribution in [3.8, 4) is 11.4 Å². The molecular weight excluding hydrogens is 303 g/mol. The number of ether oxygens (including phenoxy) is 1. The number of amides is 1. The predicted molar refractivity (Wildman–Crippen MR) is 68.9 cm³/mol. The molecule has 0 spiro atoms. The fraction of sp³-hybridized carbons (Fsp3) is 0.308. The Morgan fingerprint density at radius 1 is 1.32 bits per heavy atom. The number of carbonyl (C=O) groups excluding carboxylic acids is 1. The van der Waals surface area contributed by atoms with E-state index in [0.717, 1.165) is 12.1 Å².